The first-order chi connectivity index (χ1) is 17.1. The van der Waals surface area contributed by atoms with Crippen LogP contribution >= 0.6 is 0 Å². The van der Waals surface area contributed by atoms with Gasteiger partial charge >= 0.3 is 0 Å². The molecule has 2 fully saturated rings. The molecular weight excluding hydrogens is 451 g/mol. The summed E-state index contributed by atoms with van der Waals surface area (Å²) in [7, 11) is 1.82. The van der Waals surface area contributed by atoms with E-state index in [1.165, 1.54) is 19.2 Å². The van der Waals surface area contributed by atoms with Crippen LogP contribution in [0.5, 0.6) is 5.75 Å². The number of hydrogen-bond acceptors (Lipinski definition) is 8. The Morgan fingerprint density at radius 2 is 2.00 bits per heavy atom. The molecule has 0 bridgehead atoms. The minimum Gasteiger partial charge on any atom is -0.491 e. The van der Waals surface area contributed by atoms with Crippen molar-refractivity contribution in [2.45, 2.75) is 37.8 Å². The Bertz CT molecular complexity index is 1290. The highest BCUT2D eigenvalue weighted by Crippen LogP contribution is 2.34. The van der Waals surface area contributed by atoms with Crippen LogP contribution in [-0.2, 0) is 9.47 Å². The van der Waals surface area contributed by atoms with E-state index in [4.69, 9.17) is 19.9 Å². The van der Waals surface area contributed by atoms with Gasteiger partial charge in [0.25, 0.3) is 0 Å². The standard InChI is InChI=1S/C21H21FN6O2.C4H8O/c1-24-18-5-3-12-2-4-13(9-17(12)27-18)29-10-14-8-16(22)21(30-14)28-7-6-15-19(23)25-11-26-20(15)28;1-2-4-5-3-1/h2-7,9,11,14,16,21H,8,10H2,1H3,(H,24,27)(H2,23,25,26);1-4H2/t14-,16-,21+;/m0./s1. The van der Waals surface area contributed by atoms with E-state index in [0.717, 1.165) is 29.9 Å². The van der Waals surface area contributed by atoms with Crippen LogP contribution in [0.3, 0.4) is 0 Å². The highest BCUT2D eigenvalue weighted by atomic mass is 19.1. The largest absolute Gasteiger partial charge is 0.491 e. The van der Waals surface area contributed by atoms with Crippen LogP contribution in [0, 0.1) is 0 Å². The Morgan fingerprint density at radius 3 is 2.77 bits per heavy atom. The van der Waals surface area contributed by atoms with Crippen molar-refractivity contribution in [1.29, 1.82) is 0 Å². The Kier molecular flexibility index (Phi) is 6.91. The lowest BCUT2D eigenvalue weighted by Gasteiger charge is -2.17. The predicted octanol–water partition coefficient (Wildman–Crippen LogP) is 4.10. The number of hydrogen-bond donors (Lipinski definition) is 2. The second kappa shape index (κ2) is 10.4. The number of rotatable bonds is 5. The van der Waals surface area contributed by atoms with Crippen LogP contribution in [0.15, 0.2) is 48.9 Å². The SMILES string of the molecule is C1CCOC1.CNc1ccc2ccc(OC[C@@H]3C[C@H](F)[C@H](n4ccc5c(N)ncnc54)O3)cc2n1. The van der Waals surface area contributed by atoms with Gasteiger partial charge in [-0.3, -0.25) is 0 Å². The molecule has 0 spiro atoms. The van der Waals surface area contributed by atoms with Crippen LogP contribution in [0.2, 0.25) is 0 Å². The molecule has 0 aliphatic carbocycles. The number of nitrogens with zero attached hydrogens (tertiary/aromatic N) is 4. The number of benzene rings is 1. The first kappa shape index (κ1) is 23.3. The smallest absolute Gasteiger partial charge is 0.167 e. The zero-order valence-corrected chi connectivity index (χ0v) is 19.6. The molecule has 0 unspecified atom stereocenters. The van der Waals surface area contributed by atoms with E-state index >= 15 is 0 Å². The fourth-order valence-electron chi connectivity index (χ4n) is 4.27. The summed E-state index contributed by atoms with van der Waals surface area (Å²) in [4.78, 5) is 12.7. The average molecular weight is 481 g/mol. The van der Waals surface area contributed by atoms with Gasteiger partial charge in [-0.1, -0.05) is 0 Å². The summed E-state index contributed by atoms with van der Waals surface area (Å²) in [5.41, 5.74) is 7.25. The van der Waals surface area contributed by atoms with E-state index in [0.29, 0.717) is 22.6 Å². The molecule has 1 aromatic carbocycles. The van der Waals surface area contributed by atoms with Crippen molar-refractivity contribution in [1.82, 2.24) is 19.5 Å². The van der Waals surface area contributed by atoms with Gasteiger partial charge in [0.15, 0.2) is 6.23 Å². The van der Waals surface area contributed by atoms with Crippen LogP contribution in [0.1, 0.15) is 25.5 Å². The van der Waals surface area contributed by atoms with E-state index < -0.39 is 12.4 Å². The van der Waals surface area contributed by atoms with Crippen LogP contribution in [0.4, 0.5) is 16.0 Å². The first-order valence-corrected chi connectivity index (χ1v) is 11.8. The number of aromatic nitrogens is 4. The molecule has 3 aromatic heterocycles. The maximum Gasteiger partial charge on any atom is 0.167 e. The molecule has 6 rings (SSSR count). The van der Waals surface area contributed by atoms with Crippen molar-refractivity contribution < 1.29 is 18.6 Å². The average Bonchev–Trinajstić information content (AvgIpc) is 3.65. The van der Waals surface area contributed by atoms with Gasteiger partial charge in [0.2, 0.25) is 0 Å². The van der Waals surface area contributed by atoms with Crippen LogP contribution in [-0.4, -0.2) is 58.7 Å². The minimum atomic E-state index is -1.18. The highest BCUT2D eigenvalue weighted by Gasteiger charge is 2.37. The lowest BCUT2D eigenvalue weighted by Crippen LogP contribution is -2.19. The summed E-state index contributed by atoms with van der Waals surface area (Å²) >= 11 is 0. The van der Waals surface area contributed by atoms with Crippen molar-refractivity contribution in [2.75, 3.05) is 37.9 Å². The van der Waals surface area contributed by atoms with Gasteiger partial charge in [0.1, 0.15) is 42.1 Å². The molecular formula is C25H29FN6O3. The van der Waals surface area contributed by atoms with E-state index in [2.05, 4.69) is 20.3 Å². The van der Waals surface area contributed by atoms with Gasteiger partial charge in [-0.25, -0.2) is 19.3 Å². The molecule has 2 saturated heterocycles. The third-order valence-electron chi connectivity index (χ3n) is 6.13. The summed E-state index contributed by atoms with van der Waals surface area (Å²) in [5.74, 6) is 1.81. The molecule has 3 atom stereocenters. The molecule has 2 aliphatic rings. The molecule has 3 N–H and O–H groups in total. The van der Waals surface area contributed by atoms with E-state index in [9.17, 15) is 4.39 Å². The monoisotopic (exact) mass is 480 g/mol. The van der Waals surface area contributed by atoms with Gasteiger partial charge in [0.05, 0.1) is 17.0 Å². The quantitative estimate of drug-likeness (QED) is 0.439. The molecule has 10 heteroatoms. The van der Waals surface area contributed by atoms with E-state index in [-0.39, 0.29) is 19.1 Å². The zero-order valence-electron chi connectivity index (χ0n) is 19.6. The molecule has 0 radical (unpaired) electrons. The summed E-state index contributed by atoms with van der Waals surface area (Å²) < 4.78 is 33.2. The fraction of sp³-hybridized carbons (Fsp3) is 0.400. The Balaban J connectivity index is 0.000000453. The number of fused-ring (bicyclic) bond motifs is 2. The number of ether oxygens (including phenoxy) is 3. The Hall–Kier alpha value is -3.50. The number of anilines is 2. The van der Waals surface area contributed by atoms with Crippen molar-refractivity contribution in [2.24, 2.45) is 0 Å². The molecule has 184 valence electrons. The molecule has 35 heavy (non-hydrogen) atoms. The summed E-state index contributed by atoms with van der Waals surface area (Å²) in [5, 5.41) is 4.72. The number of nitrogen functional groups attached to an aromatic ring is 1. The van der Waals surface area contributed by atoms with Gasteiger partial charge in [0, 0.05) is 44.3 Å². The number of alkyl halides is 1. The second-order valence-electron chi connectivity index (χ2n) is 8.55. The zero-order chi connectivity index (χ0) is 24.2. The Labute approximate surface area is 202 Å². The maximum atomic E-state index is 14.8. The predicted molar refractivity (Wildman–Crippen MR) is 132 cm³/mol. The lowest BCUT2D eigenvalue weighted by atomic mass is 10.2. The highest BCUT2D eigenvalue weighted by molar-refractivity contribution is 5.86. The number of nitrogens with two attached hydrogens (primary N) is 1. The molecule has 5 heterocycles. The number of halogens is 1. The van der Waals surface area contributed by atoms with Gasteiger partial charge < -0.3 is 29.8 Å². The minimum absolute atomic E-state index is 0.237. The van der Waals surface area contributed by atoms with Crippen molar-refractivity contribution in [3.8, 4) is 5.75 Å². The number of pyridine rings is 1. The lowest BCUT2D eigenvalue weighted by molar-refractivity contribution is -0.0310. The summed E-state index contributed by atoms with van der Waals surface area (Å²) in [6.45, 7) is 2.24. The normalized spacial score (nSPS) is 21.7. The fourth-order valence-corrected chi connectivity index (χ4v) is 4.27. The molecule has 2 aliphatic heterocycles. The third-order valence-corrected chi connectivity index (χ3v) is 6.13. The van der Waals surface area contributed by atoms with Gasteiger partial charge in [-0.15, -0.1) is 0 Å². The third kappa shape index (κ3) is 5.13. The van der Waals surface area contributed by atoms with Gasteiger partial charge in [-0.2, -0.15) is 0 Å². The van der Waals surface area contributed by atoms with Crippen LogP contribution < -0.4 is 15.8 Å². The van der Waals surface area contributed by atoms with Crippen molar-refractivity contribution in [3.05, 3.63) is 48.9 Å². The molecule has 4 aromatic rings. The second-order valence-corrected chi connectivity index (χ2v) is 8.55. The van der Waals surface area contributed by atoms with Crippen molar-refractivity contribution >= 4 is 33.6 Å². The van der Waals surface area contributed by atoms with E-state index in [1.807, 2.05) is 37.4 Å². The Morgan fingerprint density at radius 1 is 1.17 bits per heavy atom. The van der Waals surface area contributed by atoms with E-state index in [1.54, 1.807) is 16.8 Å². The first-order valence-electron chi connectivity index (χ1n) is 11.8. The summed E-state index contributed by atoms with van der Waals surface area (Å²) in [6.07, 6.45) is 3.55. The molecule has 0 amide bonds. The van der Waals surface area contributed by atoms with Crippen LogP contribution in [0.25, 0.3) is 21.9 Å². The molecule has 9 nitrogen and oxygen atoms in total. The topological polar surface area (TPSA) is 109 Å². The van der Waals surface area contributed by atoms with Crippen molar-refractivity contribution in [3.63, 3.8) is 0 Å². The number of nitrogens with one attached hydrogen (secondary N) is 1. The molecule has 0 saturated carbocycles. The summed E-state index contributed by atoms with van der Waals surface area (Å²) in [6, 6.07) is 11.4. The maximum absolute atomic E-state index is 14.8. The van der Waals surface area contributed by atoms with Gasteiger partial charge in [-0.05, 0) is 43.2 Å².